The highest BCUT2D eigenvalue weighted by Crippen LogP contribution is 2.27. The molecule has 168 valence electrons. The number of carbonyl (C=O) groups excluding carboxylic acids is 1. The van der Waals surface area contributed by atoms with Gasteiger partial charge in [-0.2, -0.15) is 0 Å². The van der Waals surface area contributed by atoms with Gasteiger partial charge in [-0.1, -0.05) is 54.4 Å². The van der Waals surface area contributed by atoms with E-state index in [1.54, 1.807) is 53.4 Å². The van der Waals surface area contributed by atoms with Crippen LogP contribution in [0.2, 0.25) is 10.0 Å². The van der Waals surface area contributed by atoms with Crippen molar-refractivity contribution in [1.82, 2.24) is 15.3 Å². The van der Waals surface area contributed by atoms with Crippen molar-refractivity contribution in [2.75, 3.05) is 24.7 Å². The summed E-state index contributed by atoms with van der Waals surface area (Å²) in [6.07, 6.45) is 1.46. The Kier molecular flexibility index (Phi) is 8.41. The Morgan fingerprint density at radius 2 is 1.94 bits per heavy atom. The molecule has 0 saturated carbocycles. The van der Waals surface area contributed by atoms with Crippen LogP contribution in [0.5, 0.6) is 0 Å². The van der Waals surface area contributed by atoms with Crippen LogP contribution in [0.3, 0.4) is 0 Å². The Morgan fingerprint density at radius 3 is 2.59 bits per heavy atom. The van der Waals surface area contributed by atoms with Crippen LogP contribution in [-0.2, 0) is 0 Å². The maximum Gasteiger partial charge on any atom is 0.251 e. The number of carbonyl (C=O) groups is 1. The number of amides is 1. The smallest absolute Gasteiger partial charge is 0.251 e. The van der Waals surface area contributed by atoms with Crippen LogP contribution in [0.4, 0.5) is 5.95 Å². The first kappa shape index (κ1) is 23.9. The van der Waals surface area contributed by atoms with E-state index in [0.29, 0.717) is 44.9 Å². The van der Waals surface area contributed by atoms with E-state index in [9.17, 15) is 15.0 Å². The van der Waals surface area contributed by atoms with E-state index in [2.05, 4.69) is 15.3 Å². The van der Waals surface area contributed by atoms with Crippen molar-refractivity contribution in [1.29, 1.82) is 0 Å². The van der Waals surface area contributed by atoms with E-state index in [0.717, 1.165) is 6.42 Å². The zero-order valence-electron chi connectivity index (χ0n) is 17.5. The van der Waals surface area contributed by atoms with Crippen LogP contribution < -0.4 is 10.2 Å². The fraction of sp³-hybridized carbons (Fsp3) is 0.261. The SMILES string of the molecule is CCCN(CO)c1ncc(Cl)c(-c2ccc(C(=O)NCC(O)c3cccc(Cl)c3)cc2)n1. The minimum atomic E-state index is -0.868. The molecular weight excluding hydrogens is 451 g/mol. The first-order valence-corrected chi connectivity index (χ1v) is 10.9. The maximum absolute atomic E-state index is 12.5. The van der Waals surface area contributed by atoms with Gasteiger partial charge in [0.1, 0.15) is 6.73 Å². The predicted molar refractivity (Wildman–Crippen MR) is 126 cm³/mol. The summed E-state index contributed by atoms with van der Waals surface area (Å²) < 4.78 is 0. The molecule has 0 aliphatic carbocycles. The zero-order chi connectivity index (χ0) is 23.1. The van der Waals surface area contributed by atoms with Crippen molar-refractivity contribution in [3.05, 3.63) is 75.9 Å². The van der Waals surface area contributed by atoms with E-state index < -0.39 is 6.10 Å². The third kappa shape index (κ3) is 5.95. The van der Waals surface area contributed by atoms with Crippen LogP contribution in [0, 0.1) is 0 Å². The molecule has 1 amide bonds. The Hall–Kier alpha value is -2.71. The molecule has 0 aliphatic rings. The van der Waals surface area contributed by atoms with Crippen molar-refractivity contribution in [2.24, 2.45) is 0 Å². The van der Waals surface area contributed by atoms with Crippen molar-refractivity contribution >= 4 is 35.1 Å². The normalized spacial score (nSPS) is 11.8. The van der Waals surface area contributed by atoms with E-state index in [1.165, 1.54) is 6.20 Å². The lowest BCUT2D eigenvalue weighted by molar-refractivity contribution is 0.0916. The molecule has 0 fully saturated rings. The molecule has 7 nitrogen and oxygen atoms in total. The van der Waals surface area contributed by atoms with Gasteiger partial charge in [-0.15, -0.1) is 0 Å². The zero-order valence-corrected chi connectivity index (χ0v) is 19.0. The van der Waals surface area contributed by atoms with Gasteiger partial charge in [0.15, 0.2) is 0 Å². The van der Waals surface area contributed by atoms with Gasteiger partial charge in [0.05, 0.1) is 23.0 Å². The standard InChI is InChI=1S/C23H24Cl2N4O3/c1-2-10-29(14-30)23-27-12-19(25)21(28-23)15-6-8-16(9-7-15)22(32)26-13-20(31)17-4-3-5-18(24)11-17/h3-9,11-12,20,30-31H,2,10,13-14H2,1H3,(H,26,32). The summed E-state index contributed by atoms with van der Waals surface area (Å²) in [5.41, 5.74) is 2.28. The van der Waals surface area contributed by atoms with Gasteiger partial charge in [-0.05, 0) is 36.2 Å². The molecule has 3 N–H and O–H groups in total. The predicted octanol–water partition coefficient (Wildman–Crippen LogP) is 4.08. The van der Waals surface area contributed by atoms with E-state index in [4.69, 9.17) is 23.2 Å². The third-order valence-electron chi connectivity index (χ3n) is 4.79. The summed E-state index contributed by atoms with van der Waals surface area (Å²) in [6.45, 7) is 2.46. The van der Waals surface area contributed by atoms with Gasteiger partial charge in [-0.25, -0.2) is 9.97 Å². The molecule has 2 aromatic carbocycles. The van der Waals surface area contributed by atoms with E-state index in [1.807, 2.05) is 6.92 Å². The molecule has 3 aromatic rings. The van der Waals surface area contributed by atoms with Crippen LogP contribution in [-0.4, -0.2) is 45.9 Å². The first-order chi connectivity index (χ1) is 15.4. The van der Waals surface area contributed by atoms with Gasteiger partial charge >= 0.3 is 0 Å². The van der Waals surface area contributed by atoms with Gasteiger partial charge in [0.25, 0.3) is 5.91 Å². The summed E-state index contributed by atoms with van der Waals surface area (Å²) in [5, 5.41) is 23.4. The van der Waals surface area contributed by atoms with Crippen LogP contribution in [0.1, 0.15) is 35.4 Å². The van der Waals surface area contributed by atoms with Crippen molar-refractivity contribution < 1.29 is 15.0 Å². The van der Waals surface area contributed by atoms with Crippen molar-refractivity contribution in [3.8, 4) is 11.3 Å². The molecule has 1 atom stereocenters. The number of anilines is 1. The minimum absolute atomic E-state index is 0.0520. The topological polar surface area (TPSA) is 98.6 Å². The molecule has 1 unspecified atom stereocenters. The molecule has 0 aliphatic heterocycles. The number of aromatic nitrogens is 2. The molecule has 1 aromatic heterocycles. The Bertz CT molecular complexity index is 1060. The number of halogens is 2. The lowest BCUT2D eigenvalue weighted by Gasteiger charge is -2.19. The molecular formula is C23H24Cl2N4O3. The number of nitrogens with one attached hydrogen (secondary N) is 1. The summed E-state index contributed by atoms with van der Waals surface area (Å²) in [7, 11) is 0. The highest BCUT2D eigenvalue weighted by molar-refractivity contribution is 6.33. The molecule has 0 saturated heterocycles. The van der Waals surface area contributed by atoms with E-state index >= 15 is 0 Å². The summed E-state index contributed by atoms with van der Waals surface area (Å²) in [6, 6.07) is 13.7. The Morgan fingerprint density at radius 1 is 1.19 bits per heavy atom. The number of rotatable bonds is 9. The monoisotopic (exact) mass is 474 g/mol. The molecule has 3 rings (SSSR count). The average Bonchev–Trinajstić information content (AvgIpc) is 2.81. The first-order valence-electron chi connectivity index (χ1n) is 10.1. The number of benzene rings is 2. The van der Waals surface area contributed by atoms with Crippen LogP contribution in [0.15, 0.2) is 54.7 Å². The summed E-state index contributed by atoms with van der Waals surface area (Å²) >= 11 is 12.2. The van der Waals surface area contributed by atoms with Crippen LogP contribution in [0.25, 0.3) is 11.3 Å². The Balaban J connectivity index is 1.70. The summed E-state index contributed by atoms with van der Waals surface area (Å²) in [4.78, 5) is 22.8. The second-order valence-corrected chi connectivity index (χ2v) is 7.97. The highest BCUT2D eigenvalue weighted by Gasteiger charge is 2.15. The average molecular weight is 475 g/mol. The van der Waals surface area contributed by atoms with Crippen LogP contribution >= 0.6 is 23.2 Å². The van der Waals surface area contributed by atoms with Crippen molar-refractivity contribution in [3.63, 3.8) is 0 Å². The molecule has 0 spiro atoms. The lowest BCUT2D eigenvalue weighted by Crippen LogP contribution is -2.28. The highest BCUT2D eigenvalue weighted by atomic mass is 35.5. The Labute approximate surface area is 196 Å². The fourth-order valence-corrected chi connectivity index (χ4v) is 3.52. The number of hydrogen-bond donors (Lipinski definition) is 3. The lowest BCUT2D eigenvalue weighted by atomic mass is 10.1. The van der Waals surface area contributed by atoms with E-state index in [-0.39, 0.29) is 19.2 Å². The summed E-state index contributed by atoms with van der Waals surface area (Å²) in [5.74, 6) is 0.0621. The molecule has 0 bridgehead atoms. The van der Waals surface area contributed by atoms with Crippen molar-refractivity contribution in [2.45, 2.75) is 19.4 Å². The molecule has 32 heavy (non-hydrogen) atoms. The second kappa shape index (κ2) is 11.2. The number of aliphatic hydroxyl groups excluding tert-OH is 2. The minimum Gasteiger partial charge on any atom is -0.387 e. The van der Waals surface area contributed by atoms with Gasteiger partial charge < -0.3 is 20.4 Å². The maximum atomic E-state index is 12.5. The largest absolute Gasteiger partial charge is 0.387 e. The fourth-order valence-electron chi connectivity index (χ4n) is 3.12. The van der Waals surface area contributed by atoms with Gasteiger partial charge in [0.2, 0.25) is 5.95 Å². The number of aliphatic hydroxyl groups is 2. The second-order valence-electron chi connectivity index (χ2n) is 7.13. The molecule has 9 heteroatoms. The number of nitrogens with zero attached hydrogens (tertiary/aromatic N) is 3. The molecule has 0 radical (unpaired) electrons. The third-order valence-corrected chi connectivity index (χ3v) is 5.30. The number of hydrogen-bond acceptors (Lipinski definition) is 6. The quantitative estimate of drug-likeness (QED) is 0.404. The van der Waals surface area contributed by atoms with Gasteiger partial charge in [-0.3, -0.25) is 4.79 Å². The van der Waals surface area contributed by atoms with Gasteiger partial charge in [0, 0.05) is 29.2 Å². The molecule has 1 heterocycles.